The highest BCUT2D eigenvalue weighted by Crippen LogP contribution is 2.40. The monoisotopic (exact) mass is 418 g/mol. The van der Waals surface area contributed by atoms with Crippen LogP contribution in [-0.4, -0.2) is 20.6 Å². The number of hydrogen-bond donors (Lipinski definition) is 1. The van der Waals surface area contributed by atoms with Crippen LogP contribution in [0.4, 0.5) is 0 Å². The molecule has 2 aliphatic heterocycles. The minimum absolute atomic E-state index is 0.136. The molecular formula is C23H15ClN2O4. The molecule has 0 aliphatic carbocycles. The van der Waals surface area contributed by atoms with Gasteiger partial charge in [0, 0.05) is 22.4 Å². The van der Waals surface area contributed by atoms with Gasteiger partial charge in [-0.15, -0.1) is 11.6 Å². The zero-order valence-electron chi connectivity index (χ0n) is 15.7. The van der Waals surface area contributed by atoms with Crippen molar-refractivity contribution in [1.82, 2.24) is 9.55 Å². The average molecular weight is 419 g/mol. The Morgan fingerprint density at radius 3 is 2.83 bits per heavy atom. The number of benzene rings is 2. The van der Waals surface area contributed by atoms with Crippen molar-refractivity contribution in [2.75, 3.05) is 0 Å². The summed E-state index contributed by atoms with van der Waals surface area (Å²) in [5.41, 5.74) is 4.22. The van der Waals surface area contributed by atoms with Gasteiger partial charge in [0.1, 0.15) is 6.61 Å². The number of carbonyl (C=O) groups excluding carboxylic acids is 1. The molecule has 1 atom stereocenters. The standard InChI is InChI=1S/C23H15ClN2O4/c24-8-14-15-9-26-18(7-13-16(22(26)28)10-30-23(29)21(13)27)20(15)25-17-6-5-11-3-1-2-4-12(11)19(14)17/h1-7,21,27H,8-10H2. The summed E-state index contributed by atoms with van der Waals surface area (Å²) in [5.74, 6) is -0.466. The summed E-state index contributed by atoms with van der Waals surface area (Å²) in [7, 11) is 0. The molecule has 0 saturated carbocycles. The lowest BCUT2D eigenvalue weighted by molar-refractivity contribution is -0.157. The first-order chi connectivity index (χ1) is 14.6. The number of ether oxygens (including phenoxy) is 1. The van der Waals surface area contributed by atoms with Gasteiger partial charge in [-0.25, -0.2) is 9.78 Å². The van der Waals surface area contributed by atoms with E-state index in [0.29, 0.717) is 29.1 Å². The number of aliphatic hydroxyl groups is 1. The first kappa shape index (κ1) is 17.6. The molecule has 2 aromatic carbocycles. The quantitative estimate of drug-likeness (QED) is 0.256. The first-order valence-corrected chi connectivity index (χ1v) is 10.1. The fourth-order valence-corrected chi connectivity index (χ4v) is 4.93. The molecule has 6 rings (SSSR count). The molecule has 6 nitrogen and oxygen atoms in total. The van der Waals surface area contributed by atoms with Gasteiger partial charge in [0.2, 0.25) is 0 Å². The number of cyclic esters (lactones) is 1. The predicted molar refractivity (Wildman–Crippen MR) is 112 cm³/mol. The van der Waals surface area contributed by atoms with Gasteiger partial charge in [0.25, 0.3) is 5.56 Å². The fraction of sp³-hybridized carbons (Fsp3) is 0.174. The Labute approximate surface area is 175 Å². The summed E-state index contributed by atoms with van der Waals surface area (Å²) in [4.78, 5) is 29.8. The number of esters is 1. The summed E-state index contributed by atoms with van der Waals surface area (Å²) in [6.07, 6.45) is -1.46. The van der Waals surface area contributed by atoms with Crippen molar-refractivity contribution in [2.45, 2.75) is 25.1 Å². The molecule has 1 N–H and O–H groups in total. The van der Waals surface area contributed by atoms with Crippen LogP contribution in [-0.2, 0) is 28.6 Å². The molecule has 0 fully saturated rings. The lowest BCUT2D eigenvalue weighted by Crippen LogP contribution is -2.32. The van der Waals surface area contributed by atoms with Crippen LogP contribution in [0.15, 0.2) is 47.3 Å². The molecule has 0 bridgehead atoms. The number of alkyl halides is 1. The van der Waals surface area contributed by atoms with Crippen molar-refractivity contribution in [3.05, 3.63) is 75.1 Å². The van der Waals surface area contributed by atoms with Gasteiger partial charge in [-0.1, -0.05) is 30.3 Å². The van der Waals surface area contributed by atoms with Crippen molar-refractivity contribution in [3.63, 3.8) is 0 Å². The number of aliphatic hydroxyl groups excluding tert-OH is 1. The summed E-state index contributed by atoms with van der Waals surface area (Å²) >= 11 is 6.42. The van der Waals surface area contributed by atoms with Gasteiger partial charge in [-0.3, -0.25) is 4.79 Å². The highest BCUT2D eigenvalue weighted by molar-refractivity contribution is 6.20. The van der Waals surface area contributed by atoms with E-state index >= 15 is 0 Å². The maximum Gasteiger partial charge on any atom is 0.340 e. The molecule has 7 heteroatoms. The van der Waals surface area contributed by atoms with Gasteiger partial charge in [0.15, 0.2) is 6.10 Å². The van der Waals surface area contributed by atoms with E-state index in [-0.39, 0.29) is 18.0 Å². The number of fused-ring (bicyclic) bond motifs is 7. The summed E-state index contributed by atoms with van der Waals surface area (Å²) in [5, 5.41) is 13.4. The first-order valence-electron chi connectivity index (χ1n) is 9.59. The van der Waals surface area contributed by atoms with Crippen LogP contribution in [0.2, 0.25) is 0 Å². The largest absolute Gasteiger partial charge is 0.458 e. The maximum absolute atomic E-state index is 13.1. The molecule has 148 valence electrons. The van der Waals surface area contributed by atoms with Crippen LogP contribution >= 0.6 is 11.6 Å². The van der Waals surface area contributed by atoms with E-state index in [1.165, 1.54) is 0 Å². The molecule has 1 unspecified atom stereocenters. The highest BCUT2D eigenvalue weighted by Gasteiger charge is 2.34. The van der Waals surface area contributed by atoms with Crippen molar-refractivity contribution < 1.29 is 14.6 Å². The van der Waals surface area contributed by atoms with Crippen molar-refractivity contribution >= 4 is 39.2 Å². The topological polar surface area (TPSA) is 81.4 Å². The van der Waals surface area contributed by atoms with E-state index in [1.807, 2.05) is 36.4 Å². The minimum atomic E-state index is -1.46. The van der Waals surface area contributed by atoms with E-state index in [9.17, 15) is 14.7 Å². The highest BCUT2D eigenvalue weighted by atomic mass is 35.5. The third-order valence-corrected chi connectivity index (χ3v) is 6.36. The van der Waals surface area contributed by atoms with E-state index in [1.54, 1.807) is 10.6 Å². The number of halogens is 1. The molecule has 0 radical (unpaired) electrons. The third kappa shape index (κ3) is 2.20. The van der Waals surface area contributed by atoms with E-state index in [0.717, 1.165) is 32.8 Å². The molecule has 0 amide bonds. The number of pyridine rings is 2. The second-order valence-corrected chi connectivity index (χ2v) is 7.86. The Kier molecular flexibility index (Phi) is 3.61. The van der Waals surface area contributed by atoms with Crippen LogP contribution in [0.5, 0.6) is 0 Å². The Morgan fingerprint density at radius 1 is 1.17 bits per heavy atom. The van der Waals surface area contributed by atoms with Crippen LogP contribution in [0.25, 0.3) is 33.1 Å². The smallest absolute Gasteiger partial charge is 0.340 e. The Balaban J connectivity index is 1.69. The summed E-state index contributed by atoms with van der Waals surface area (Å²) < 4.78 is 6.58. The lowest BCUT2D eigenvalue weighted by Gasteiger charge is -2.21. The second kappa shape index (κ2) is 6.14. The molecule has 2 aromatic heterocycles. The van der Waals surface area contributed by atoms with Gasteiger partial charge in [-0.2, -0.15) is 0 Å². The lowest BCUT2D eigenvalue weighted by atomic mass is 9.96. The summed E-state index contributed by atoms with van der Waals surface area (Å²) in [6, 6.07) is 13.7. The van der Waals surface area contributed by atoms with Crippen molar-refractivity contribution in [2.24, 2.45) is 0 Å². The molecule has 0 spiro atoms. The maximum atomic E-state index is 13.1. The van der Waals surface area contributed by atoms with Crippen LogP contribution in [0, 0.1) is 0 Å². The second-order valence-electron chi connectivity index (χ2n) is 7.60. The Hall–Kier alpha value is -3.22. The van der Waals surface area contributed by atoms with Crippen LogP contribution < -0.4 is 5.56 Å². The fourth-order valence-electron chi connectivity index (χ4n) is 4.64. The van der Waals surface area contributed by atoms with E-state index in [2.05, 4.69) is 0 Å². The molecule has 4 heterocycles. The number of rotatable bonds is 1. The average Bonchev–Trinajstić information content (AvgIpc) is 3.13. The molecular weight excluding hydrogens is 404 g/mol. The van der Waals surface area contributed by atoms with Gasteiger partial charge in [0.05, 0.1) is 29.0 Å². The molecule has 0 saturated heterocycles. The number of carbonyl (C=O) groups is 1. The third-order valence-electron chi connectivity index (χ3n) is 6.10. The van der Waals surface area contributed by atoms with Crippen LogP contribution in [0.1, 0.15) is 28.4 Å². The molecule has 30 heavy (non-hydrogen) atoms. The normalized spacial score (nSPS) is 17.0. The Morgan fingerprint density at radius 2 is 2.00 bits per heavy atom. The predicted octanol–water partition coefficient (Wildman–Crippen LogP) is 3.41. The van der Waals surface area contributed by atoms with E-state index in [4.69, 9.17) is 21.3 Å². The molecule has 2 aliphatic rings. The number of aromatic nitrogens is 2. The van der Waals surface area contributed by atoms with Crippen molar-refractivity contribution in [1.29, 1.82) is 0 Å². The van der Waals surface area contributed by atoms with Gasteiger partial charge in [-0.05, 0) is 28.5 Å². The van der Waals surface area contributed by atoms with E-state index < -0.39 is 12.1 Å². The molecule has 4 aromatic rings. The Bertz CT molecular complexity index is 1470. The van der Waals surface area contributed by atoms with Gasteiger partial charge >= 0.3 is 5.97 Å². The SMILES string of the molecule is O=C1OCc2c(cc3n(c2=O)Cc2c-3nc3ccc4ccccc4c3c2CCl)C1O. The van der Waals surface area contributed by atoms with Gasteiger partial charge < -0.3 is 14.4 Å². The summed E-state index contributed by atoms with van der Waals surface area (Å²) in [6.45, 7) is 0.206. The zero-order valence-corrected chi connectivity index (χ0v) is 16.4. The number of nitrogens with zero attached hydrogens (tertiary/aromatic N) is 2. The van der Waals surface area contributed by atoms with Crippen molar-refractivity contribution in [3.8, 4) is 11.4 Å². The van der Waals surface area contributed by atoms with Crippen LogP contribution in [0.3, 0.4) is 0 Å². The minimum Gasteiger partial charge on any atom is -0.458 e. The number of hydrogen-bond acceptors (Lipinski definition) is 5. The zero-order chi connectivity index (χ0) is 20.6.